The van der Waals surface area contributed by atoms with E-state index in [4.69, 9.17) is 0 Å². The van der Waals surface area contributed by atoms with Crippen molar-refractivity contribution in [3.05, 3.63) is 71.8 Å². The van der Waals surface area contributed by atoms with Gasteiger partial charge in [0, 0.05) is 6.04 Å². The quantitative estimate of drug-likeness (QED) is 0.888. The number of nitrogens with zero attached hydrogens (tertiary/aromatic N) is 1. The second-order valence-electron chi connectivity index (χ2n) is 5.08. The van der Waals surface area contributed by atoms with E-state index in [-0.39, 0.29) is 6.04 Å². The lowest BCUT2D eigenvalue weighted by Crippen LogP contribution is -2.35. The summed E-state index contributed by atoms with van der Waals surface area (Å²) in [6.07, 6.45) is 0.362. The summed E-state index contributed by atoms with van der Waals surface area (Å²) in [6.45, 7) is 0. The van der Waals surface area contributed by atoms with E-state index in [1.807, 2.05) is 62.6 Å². The van der Waals surface area contributed by atoms with Gasteiger partial charge in [0.25, 0.3) is 0 Å². The molecule has 0 fully saturated rings. The molecular weight excluding hydrogens is 234 g/mol. The molecule has 0 aliphatic carbocycles. The third kappa shape index (κ3) is 3.66. The first kappa shape index (κ1) is 13.8. The van der Waals surface area contributed by atoms with Crippen LogP contribution in [0.1, 0.15) is 17.2 Å². The first-order valence-electron chi connectivity index (χ1n) is 6.62. The van der Waals surface area contributed by atoms with Crippen molar-refractivity contribution >= 4 is 0 Å². The molecule has 0 amide bonds. The Balaban J connectivity index is 2.17. The average Bonchev–Trinajstić information content (AvgIpc) is 2.46. The Morgan fingerprint density at radius 2 is 1.42 bits per heavy atom. The van der Waals surface area contributed by atoms with E-state index < -0.39 is 6.10 Å². The molecule has 0 heterocycles. The van der Waals surface area contributed by atoms with E-state index >= 15 is 0 Å². The van der Waals surface area contributed by atoms with E-state index in [1.165, 1.54) is 5.56 Å². The summed E-state index contributed by atoms with van der Waals surface area (Å²) in [5.74, 6) is 0. The van der Waals surface area contributed by atoms with E-state index in [2.05, 4.69) is 17.0 Å². The van der Waals surface area contributed by atoms with Crippen LogP contribution in [0.3, 0.4) is 0 Å². The molecule has 0 aliphatic rings. The summed E-state index contributed by atoms with van der Waals surface area (Å²) < 4.78 is 0. The van der Waals surface area contributed by atoms with Crippen LogP contribution in [0.15, 0.2) is 60.7 Å². The minimum atomic E-state index is -0.476. The summed E-state index contributed by atoms with van der Waals surface area (Å²) in [4.78, 5) is 2.09. The van der Waals surface area contributed by atoms with Crippen molar-refractivity contribution in [3.8, 4) is 0 Å². The lowest BCUT2D eigenvalue weighted by molar-refractivity contribution is 0.0757. The Morgan fingerprint density at radius 3 is 1.95 bits per heavy atom. The van der Waals surface area contributed by atoms with E-state index in [0.717, 1.165) is 12.0 Å². The molecule has 2 heteroatoms. The largest absolute Gasteiger partial charge is 0.387 e. The zero-order valence-electron chi connectivity index (χ0n) is 11.5. The van der Waals surface area contributed by atoms with Gasteiger partial charge in [-0.3, -0.25) is 0 Å². The molecule has 0 unspecified atom stereocenters. The molecule has 2 aromatic carbocycles. The van der Waals surface area contributed by atoms with Gasteiger partial charge in [0.05, 0.1) is 6.10 Å². The maximum absolute atomic E-state index is 10.6. The predicted molar refractivity (Wildman–Crippen MR) is 79.0 cm³/mol. The van der Waals surface area contributed by atoms with Gasteiger partial charge in [0.2, 0.25) is 0 Å². The summed E-state index contributed by atoms with van der Waals surface area (Å²) >= 11 is 0. The monoisotopic (exact) mass is 255 g/mol. The molecule has 0 saturated carbocycles. The number of benzene rings is 2. The van der Waals surface area contributed by atoms with Gasteiger partial charge in [-0.05, 0) is 31.6 Å². The summed E-state index contributed by atoms with van der Waals surface area (Å²) in [5.41, 5.74) is 2.22. The molecule has 0 aliphatic heterocycles. The van der Waals surface area contributed by atoms with Gasteiger partial charge in [-0.1, -0.05) is 60.7 Å². The van der Waals surface area contributed by atoms with Crippen LogP contribution in [0.2, 0.25) is 0 Å². The first-order valence-corrected chi connectivity index (χ1v) is 6.62. The van der Waals surface area contributed by atoms with Gasteiger partial charge in [-0.25, -0.2) is 0 Å². The highest BCUT2D eigenvalue weighted by Crippen LogP contribution is 2.22. The zero-order valence-corrected chi connectivity index (χ0v) is 11.5. The second kappa shape index (κ2) is 6.50. The van der Waals surface area contributed by atoms with Gasteiger partial charge in [0.1, 0.15) is 0 Å². The Kier molecular flexibility index (Phi) is 4.72. The Hall–Kier alpha value is -1.64. The average molecular weight is 255 g/mol. The Morgan fingerprint density at radius 1 is 0.895 bits per heavy atom. The maximum Gasteiger partial charge on any atom is 0.0948 e. The molecule has 0 saturated heterocycles. The predicted octanol–water partition coefficient (Wildman–Crippen LogP) is 2.89. The SMILES string of the molecule is CN(C)[C@H](Cc1ccccc1)[C@@H](O)c1ccccc1. The number of hydrogen-bond acceptors (Lipinski definition) is 2. The highest BCUT2D eigenvalue weighted by atomic mass is 16.3. The van der Waals surface area contributed by atoms with E-state index in [1.54, 1.807) is 0 Å². The lowest BCUT2D eigenvalue weighted by Gasteiger charge is -2.29. The van der Waals surface area contributed by atoms with Crippen molar-refractivity contribution in [2.24, 2.45) is 0 Å². The summed E-state index contributed by atoms with van der Waals surface area (Å²) in [6, 6.07) is 20.2. The van der Waals surface area contributed by atoms with Crippen molar-refractivity contribution in [2.75, 3.05) is 14.1 Å². The fourth-order valence-electron chi connectivity index (χ4n) is 2.30. The molecule has 2 rings (SSSR count). The summed E-state index contributed by atoms with van der Waals surface area (Å²) in [5, 5.41) is 10.6. The standard InChI is InChI=1S/C17H21NO/c1-18(2)16(13-14-9-5-3-6-10-14)17(19)15-11-7-4-8-12-15/h3-12,16-17,19H,13H2,1-2H3/t16-,17+/m1/s1. The van der Waals surface area contributed by atoms with Gasteiger partial charge in [0.15, 0.2) is 0 Å². The summed E-state index contributed by atoms with van der Waals surface area (Å²) in [7, 11) is 4.03. The number of aliphatic hydroxyl groups is 1. The molecule has 100 valence electrons. The number of hydrogen-bond donors (Lipinski definition) is 1. The van der Waals surface area contributed by atoms with Crippen molar-refractivity contribution in [1.29, 1.82) is 0 Å². The molecule has 0 spiro atoms. The highest BCUT2D eigenvalue weighted by molar-refractivity contribution is 5.21. The van der Waals surface area contributed by atoms with Crippen LogP contribution in [0.5, 0.6) is 0 Å². The van der Waals surface area contributed by atoms with Crippen molar-refractivity contribution in [3.63, 3.8) is 0 Å². The van der Waals surface area contributed by atoms with Gasteiger partial charge in [-0.2, -0.15) is 0 Å². The first-order chi connectivity index (χ1) is 9.18. The second-order valence-corrected chi connectivity index (χ2v) is 5.08. The number of aliphatic hydroxyl groups excluding tert-OH is 1. The number of likely N-dealkylation sites (N-methyl/N-ethyl adjacent to an activating group) is 1. The van der Waals surface area contributed by atoms with E-state index in [0.29, 0.717) is 0 Å². The number of rotatable bonds is 5. The van der Waals surface area contributed by atoms with Crippen molar-refractivity contribution in [2.45, 2.75) is 18.6 Å². The molecule has 0 radical (unpaired) electrons. The van der Waals surface area contributed by atoms with Gasteiger partial charge < -0.3 is 10.0 Å². The molecule has 2 atom stereocenters. The molecule has 1 N–H and O–H groups in total. The van der Waals surface area contributed by atoms with Crippen molar-refractivity contribution < 1.29 is 5.11 Å². The molecule has 2 aromatic rings. The van der Waals surface area contributed by atoms with Crippen LogP contribution in [0, 0.1) is 0 Å². The Labute approximate surface area is 115 Å². The Bertz CT molecular complexity index is 481. The molecule has 0 bridgehead atoms. The zero-order chi connectivity index (χ0) is 13.7. The maximum atomic E-state index is 10.6. The van der Waals surface area contributed by atoms with Gasteiger partial charge in [-0.15, -0.1) is 0 Å². The fraction of sp³-hybridized carbons (Fsp3) is 0.294. The fourth-order valence-corrected chi connectivity index (χ4v) is 2.30. The smallest absolute Gasteiger partial charge is 0.0948 e. The molecule has 19 heavy (non-hydrogen) atoms. The van der Waals surface area contributed by atoms with Crippen LogP contribution >= 0.6 is 0 Å². The lowest BCUT2D eigenvalue weighted by atomic mass is 9.95. The minimum Gasteiger partial charge on any atom is -0.387 e. The minimum absolute atomic E-state index is 0.0739. The van der Waals surface area contributed by atoms with Crippen LogP contribution in [-0.2, 0) is 6.42 Å². The molecule has 0 aromatic heterocycles. The highest BCUT2D eigenvalue weighted by Gasteiger charge is 2.22. The van der Waals surface area contributed by atoms with Crippen LogP contribution in [-0.4, -0.2) is 30.1 Å². The van der Waals surface area contributed by atoms with Crippen LogP contribution in [0.4, 0.5) is 0 Å². The molecule has 2 nitrogen and oxygen atoms in total. The van der Waals surface area contributed by atoms with Crippen LogP contribution < -0.4 is 0 Å². The van der Waals surface area contributed by atoms with Gasteiger partial charge >= 0.3 is 0 Å². The normalized spacial score (nSPS) is 14.3. The van der Waals surface area contributed by atoms with E-state index in [9.17, 15) is 5.11 Å². The third-order valence-electron chi connectivity index (χ3n) is 3.46. The van der Waals surface area contributed by atoms with Crippen LogP contribution in [0.25, 0.3) is 0 Å². The van der Waals surface area contributed by atoms with Crippen molar-refractivity contribution in [1.82, 2.24) is 4.90 Å². The third-order valence-corrected chi connectivity index (χ3v) is 3.46. The molecular formula is C17H21NO. The topological polar surface area (TPSA) is 23.5 Å².